The molecule has 0 amide bonds. The highest BCUT2D eigenvalue weighted by molar-refractivity contribution is 6.31. The molecular formula is C13H18ClNO. The van der Waals surface area contributed by atoms with Gasteiger partial charge in [0.25, 0.3) is 0 Å². The Labute approximate surface area is 102 Å². The summed E-state index contributed by atoms with van der Waals surface area (Å²) in [5.41, 5.74) is 1.07. The maximum absolute atomic E-state index is 5.96. The third kappa shape index (κ3) is 3.13. The van der Waals surface area contributed by atoms with Gasteiger partial charge in [0.15, 0.2) is 0 Å². The minimum Gasteiger partial charge on any atom is -0.492 e. The summed E-state index contributed by atoms with van der Waals surface area (Å²) < 4.78 is 5.76. The molecule has 2 nitrogen and oxygen atoms in total. The summed E-state index contributed by atoms with van der Waals surface area (Å²) >= 11 is 5.96. The van der Waals surface area contributed by atoms with Gasteiger partial charge in [-0.05, 0) is 50.1 Å². The molecule has 0 aromatic heterocycles. The van der Waals surface area contributed by atoms with Crippen molar-refractivity contribution < 1.29 is 4.74 Å². The smallest absolute Gasteiger partial charge is 0.119 e. The fraction of sp³-hybridized carbons (Fsp3) is 0.538. The Morgan fingerprint density at radius 1 is 1.44 bits per heavy atom. The maximum atomic E-state index is 5.96. The predicted octanol–water partition coefficient (Wildman–Crippen LogP) is 3.17. The molecule has 1 aromatic rings. The fourth-order valence-corrected chi connectivity index (χ4v) is 2.09. The van der Waals surface area contributed by atoms with Crippen LogP contribution in [0.2, 0.25) is 5.02 Å². The Balaban J connectivity index is 1.86. The quantitative estimate of drug-likeness (QED) is 0.875. The van der Waals surface area contributed by atoms with Crippen LogP contribution in [0, 0.1) is 6.92 Å². The predicted molar refractivity (Wildman–Crippen MR) is 67.3 cm³/mol. The lowest BCUT2D eigenvalue weighted by Gasteiger charge is -2.23. The fourth-order valence-electron chi connectivity index (χ4n) is 1.97. The van der Waals surface area contributed by atoms with Crippen LogP contribution in [0.5, 0.6) is 5.75 Å². The molecule has 1 saturated heterocycles. The number of aryl methyl sites for hydroxylation is 1. The first-order valence-electron chi connectivity index (χ1n) is 5.88. The Hall–Kier alpha value is -0.730. The molecule has 16 heavy (non-hydrogen) atoms. The Morgan fingerprint density at radius 2 is 2.31 bits per heavy atom. The Kier molecular flexibility index (Phi) is 4.08. The van der Waals surface area contributed by atoms with Gasteiger partial charge in [-0.3, -0.25) is 0 Å². The van der Waals surface area contributed by atoms with Crippen LogP contribution in [0.4, 0.5) is 0 Å². The Bertz CT molecular complexity index is 348. The number of hydrogen-bond donors (Lipinski definition) is 1. The van der Waals surface area contributed by atoms with E-state index in [1.54, 1.807) is 0 Å². The van der Waals surface area contributed by atoms with E-state index in [0.717, 1.165) is 29.5 Å². The van der Waals surface area contributed by atoms with E-state index in [1.807, 2.05) is 25.1 Å². The monoisotopic (exact) mass is 239 g/mol. The molecule has 1 fully saturated rings. The number of nitrogens with one attached hydrogen (secondary N) is 1. The van der Waals surface area contributed by atoms with E-state index in [0.29, 0.717) is 6.04 Å². The summed E-state index contributed by atoms with van der Waals surface area (Å²) in [6, 6.07) is 6.31. The second-order valence-corrected chi connectivity index (χ2v) is 4.78. The number of ether oxygens (including phenoxy) is 1. The Morgan fingerprint density at radius 3 is 3.00 bits per heavy atom. The second-order valence-electron chi connectivity index (χ2n) is 4.37. The molecule has 2 rings (SSSR count). The van der Waals surface area contributed by atoms with Gasteiger partial charge < -0.3 is 10.1 Å². The maximum Gasteiger partial charge on any atom is 0.119 e. The summed E-state index contributed by atoms with van der Waals surface area (Å²) in [6.07, 6.45) is 3.81. The van der Waals surface area contributed by atoms with Crippen molar-refractivity contribution in [2.75, 3.05) is 13.2 Å². The standard InChI is InChI=1S/C13H18ClNO/c1-10-8-12(5-6-13(10)14)16-9-11-4-2-3-7-15-11/h5-6,8,11,15H,2-4,7,9H2,1H3. The van der Waals surface area contributed by atoms with Crippen LogP contribution in [-0.4, -0.2) is 19.2 Å². The van der Waals surface area contributed by atoms with Crippen molar-refractivity contribution in [1.82, 2.24) is 5.32 Å². The average molecular weight is 240 g/mol. The van der Waals surface area contributed by atoms with Crippen LogP contribution < -0.4 is 10.1 Å². The third-order valence-electron chi connectivity index (χ3n) is 2.99. The van der Waals surface area contributed by atoms with Gasteiger partial charge in [0.05, 0.1) is 0 Å². The van der Waals surface area contributed by atoms with Crippen LogP contribution in [0.3, 0.4) is 0 Å². The van der Waals surface area contributed by atoms with Gasteiger partial charge in [-0.25, -0.2) is 0 Å². The van der Waals surface area contributed by atoms with Gasteiger partial charge >= 0.3 is 0 Å². The molecule has 1 aromatic carbocycles. The van der Waals surface area contributed by atoms with Crippen molar-refractivity contribution in [1.29, 1.82) is 0 Å². The minimum absolute atomic E-state index is 0.504. The summed E-state index contributed by atoms with van der Waals surface area (Å²) in [6.45, 7) is 3.86. The number of benzene rings is 1. The zero-order valence-electron chi connectivity index (χ0n) is 9.63. The van der Waals surface area contributed by atoms with Crippen LogP contribution in [0.15, 0.2) is 18.2 Å². The van der Waals surface area contributed by atoms with E-state index < -0.39 is 0 Å². The summed E-state index contributed by atoms with van der Waals surface area (Å²) in [7, 11) is 0. The zero-order chi connectivity index (χ0) is 11.4. The van der Waals surface area contributed by atoms with Crippen molar-refractivity contribution in [2.45, 2.75) is 32.2 Å². The van der Waals surface area contributed by atoms with Crippen LogP contribution in [-0.2, 0) is 0 Å². The topological polar surface area (TPSA) is 21.3 Å². The van der Waals surface area contributed by atoms with Gasteiger partial charge in [0, 0.05) is 11.1 Å². The minimum atomic E-state index is 0.504. The highest BCUT2D eigenvalue weighted by Gasteiger charge is 2.12. The van der Waals surface area contributed by atoms with E-state index in [-0.39, 0.29) is 0 Å². The lowest BCUT2D eigenvalue weighted by Crippen LogP contribution is -2.38. The molecule has 1 atom stereocenters. The summed E-state index contributed by atoms with van der Waals surface area (Å²) in [5.74, 6) is 0.911. The van der Waals surface area contributed by atoms with Gasteiger partial charge in [-0.1, -0.05) is 18.0 Å². The van der Waals surface area contributed by atoms with Gasteiger partial charge in [0.1, 0.15) is 12.4 Å². The van der Waals surface area contributed by atoms with Crippen LogP contribution in [0.1, 0.15) is 24.8 Å². The number of piperidine rings is 1. The molecule has 3 heteroatoms. The second kappa shape index (κ2) is 5.55. The summed E-state index contributed by atoms with van der Waals surface area (Å²) in [5, 5.41) is 4.26. The van der Waals surface area contributed by atoms with Crippen molar-refractivity contribution in [3.8, 4) is 5.75 Å². The SMILES string of the molecule is Cc1cc(OCC2CCCCN2)ccc1Cl. The van der Waals surface area contributed by atoms with E-state index in [4.69, 9.17) is 16.3 Å². The van der Waals surface area contributed by atoms with E-state index in [9.17, 15) is 0 Å². The first kappa shape index (κ1) is 11.7. The largest absolute Gasteiger partial charge is 0.492 e. The molecule has 1 heterocycles. The highest BCUT2D eigenvalue weighted by atomic mass is 35.5. The molecule has 0 spiro atoms. The molecule has 0 radical (unpaired) electrons. The molecule has 1 aliphatic rings. The molecule has 88 valence electrons. The molecule has 1 N–H and O–H groups in total. The van der Waals surface area contributed by atoms with Gasteiger partial charge in [0.2, 0.25) is 0 Å². The van der Waals surface area contributed by atoms with Crippen molar-refractivity contribution in [3.05, 3.63) is 28.8 Å². The van der Waals surface area contributed by atoms with Crippen LogP contribution >= 0.6 is 11.6 Å². The first-order valence-corrected chi connectivity index (χ1v) is 6.26. The highest BCUT2D eigenvalue weighted by Crippen LogP contribution is 2.21. The third-order valence-corrected chi connectivity index (χ3v) is 3.42. The molecule has 0 aliphatic carbocycles. The van der Waals surface area contributed by atoms with E-state index >= 15 is 0 Å². The van der Waals surface area contributed by atoms with E-state index in [2.05, 4.69) is 5.32 Å². The lowest BCUT2D eigenvalue weighted by atomic mass is 10.1. The number of hydrogen-bond acceptors (Lipinski definition) is 2. The molecule has 1 aliphatic heterocycles. The van der Waals surface area contributed by atoms with E-state index in [1.165, 1.54) is 19.3 Å². The normalized spacial score (nSPS) is 20.8. The van der Waals surface area contributed by atoms with Crippen LogP contribution in [0.25, 0.3) is 0 Å². The van der Waals surface area contributed by atoms with Gasteiger partial charge in [-0.2, -0.15) is 0 Å². The van der Waals surface area contributed by atoms with Crippen molar-refractivity contribution in [3.63, 3.8) is 0 Å². The molecule has 0 bridgehead atoms. The van der Waals surface area contributed by atoms with Crippen molar-refractivity contribution in [2.24, 2.45) is 0 Å². The average Bonchev–Trinajstić information content (AvgIpc) is 2.32. The first-order chi connectivity index (χ1) is 7.75. The van der Waals surface area contributed by atoms with Crippen molar-refractivity contribution >= 4 is 11.6 Å². The summed E-state index contributed by atoms with van der Waals surface area (Å²) in [4.78, 5) is 0. The molecular weight excluding hydrogens is 222 g/mol. The molecule has 0 saturated carbocycles. The zero-order valence-corrected chi connectivity index (χ0v) is 10.4. The van der Waals surface area contributed by atoms with Gasteiger partial charge in [-0.15, -0.1) is 0 Å². The number of halogens is 1. The lowest BCUT2D eigenvalue weighted by molar-refractivity contribution is 0.239. The number of rotatable bonds is 3. The molecule has 1 unspecified atom stereocenters.